The van der Waals surface area contributed by atoms with Crippen molar-refractivity contribution in [2.75, 3.05) is 0 Å². The largest absolute Gasteiger partial charge is 0.468 e. The van der Waals surface area contributed by atoms with Crippen molar-refractivity contribution < 1.29 is 4.42 Å². The van der Waals surface area contributed by atoms with Crippen LogP contribution in [0.5, 0.6) is 0 Å². The highest BCUT2D eigenvalue weighted by Gasteiger charge is 1.96. The molecular weight excluding hydrogens is 235 g/mol. The van der Waals surface area contributed by atoms with Crippen LogP contribution in [0.3, 0.4) is 0 Å². The number of aryl methyl sites for hydroxylation is 1. The van der Waals surface area contributed by atoms with Gasteiger partial charge in [-0.25, -0.2) is 0 Å². The van der Waals surface area contributed by atoms with Gasteiger partial charge in [0.05, 0.1) is 11.2 Å². The van der Waals surface area contributed by atoms with Crippen molar-refractivity contribution in [1.29, 1.82) is 0 Å². The lowest BCUT2D eigenvalue weighted by Gasteiger charge is -1.84. The summed E-state index contributed by atoms with van der Waals surface area (Å²) in [6.07, 6.45) is 1.70. The van der Waals surface area contributed by atoms with Gasteiger partial charge in [-0.05, 0) is 21.9 Å². The Balaban J connectivity index is 2.92. The summed E-state index contributed by atoms with van der Waals surface area (Å²) in [4.78, 5) is 1.21. The van der Waals surface area contributed by atoms with Crippen molar-refractivity contribution in [1.82, 2.24) is 0 Å². The fourth-order valence-electron chi connectivity index (χ4n) is 0.453. The van der Waals surface area contributed by atoms with E-state index < -0.39 is 0 Å². The predicted octanol–water partition coefficient (Wildman–Crippen LogP) is 3.03. The zero-order valence-electron chi connectivity index (χ0n) is 4.35. The summed E-state index contributed by atoms with van der Waals surface area (Å²) in [7, 11) is 1.68. The molecule has 1 heterocycles. The molecule has 0 unspecified atom stereocenters. The summed E-state index contributed by atoms with van der Waals surface area (Å²) in [6.45, 7) is 1.96. The highest BCUT2D eigenvalue weighted by molar-refractivity contribution is 14.2. The van der Waals surface area contributed by atoms with E-state index in [4.69, 9.17) is 4.42 Å². The summed E-state index contributed by atoms with van der Waals surface area (Å²) < 4.78 is 5.03. The second-order valence-electron chi connectivity index (χ2n) is 1.42. The standard InChI is InChI=1S/C5H5IOS/c1-4-5(8-6)2-3-7-4/h2-3H,1H3. The van der Waals surface area contributed by atoms with E-state index in [9.17, 15) is 0 Å². The Bertz CT molecular complexity index is 173. The first-order valence-electron chi connectivity index (χ1n) is 2.17. The third-order valence-electron chi connectivity index (χ3n) is 0.894. The Morgan fingerprint density at radius 3 is 2.75 bits per heavy atom. The van der Waals surface area contributed by atoms with Crippen LogP contribution in [0.15, 0.2) is 21.6 Å². The zero-order chi connectivity index (χ0) is 5.98. The molecule has 0 aliphatic heterocycles. The molecule has 0 aliphatic carbocycles. The maximum atomic E-state index is 5.03. The minimum absolute atomic E-state index is 1.00. The monoisotopic (exact) mass is 240 g/mol. The maximum Gasteiger partial charge on any atom is 0.115 e. The molecule has 0 N–H and O–H groups in total. The molecule has 1 aromatic heterocycles. The van der Waals surface area contributed by atoms with Crippen LogP contribution in [-0.2, 0) is 0 Å². The Kier molecular flexibility index (Phi) is 2.25. The Morgan fingerprint density at radius 2 is 2.50 bits per heavy atom. The van der Waals surface area contributed by atoms with E-state index in [1.807, 2.05) is 13.0 Å². The molecule has 44 valence electrons. The van der Waals surface area contributed by atoms with Crippen molar-refractivity contribution in [3.05, 3.63) is 18.1 Å². The summed E-state index contributed by atoms with van der Waals surface area (Å²) >= 11 is 2.23. The van der Waals surface area contributed by atoms with E-state index in [0.717, 1.165) is 5.76 Å². The van der Waals surface area contributed by atoms with Crippen molar-refractivity contribution >= 4 is 30.1 Å². The molecule has 0 spiro atoms. The van der Waals surface area contributed by atoms with Gasteiger partial charge in [-0.15, -0.1) is 0 Å². The first-order chi connectivity index (χ1) is 3.84. The smallest absolute Gasteiger partial charge is 0.115 e. The normalized spacial score (nSPS) is 9.75. The number of halogens is 1. The number of hydrogen-bond acceptors (Lipinski definition) is 2. The molecule has 0 aliphatic rings. The van der Waals surface area contributed by atoms with Gasteiger partial charge >= 0.3 is 0 Å². The van der Waals surface area contributed by atoms with E-state index in [-0.39, 0.29) is 0 Å². The molecule has 0 fully saturated rings. The van der Waals surface area contributed by atoms with Crippen LogP contribution in [0.1, 0.15) is 5.76 Å². The lowest BCUT2D eigenvalue weighted by molar-refractivity contribution is 0.527. The molecule has 1 rings (SSSR count). The fourth-order valence-corrected chi connectivity index (χ4v) is 2.09. The predicted molar refractivity (Wildman–Crippen MR) is 43.3 cm³/mol. The van der Waals surface area contributed by atoms with E-state index in [1.54, 1.807) is 15.2 Å². The third kappa shape index (κ3) is 1.20. The average molecular weight is 240 g/mol. The van der Waals surface area contributed by atoms with Gasteiger partial charge in [-0.3, -0.25) is 0 Å². The lowest BCUT2D eigenvalue weighted by atomic mass is 10.5. The van der Waals surface area contributed by atoms with Gasteiger partial charge in [-0.1, -0.05) is 0 Å². The van der Waals surface area contributed by atoms with E-state index >= 15 is 0 Å². The SMILES string of the molecule is Cc1occc1SI. The van der Waals surface area contributed by atoms with Crippen LogP contribution in [-0.4, -0.2) is 0 Å². The highest BCUT2D eigenvalue weighted by atomic mass is 127. The molecule has 1 nitrogen and oxygen atoms in total. The summed E-state index contributed by atoms with van der Waals surface area (Å²) in [5, 5.41) is 0. The van der Waals surface area contributed by atoms with E-state index in [0.29, 0.717) is 0 Å². The number of furan rings is 1. The Morgan fingerprint density at radius 1 is 1.75 bits per heavy atom. The second-order valence-corrected chi connectivity index (χ2v) is 3.33. The third-order valence-corrected chi connectivity index (χ3v) is 2.91. The highest BCUT2D eigenvalue weighted by Crippen LogP contribution is 2.28. The second kappa shape index (κ2) is 2.77. The summed E-state index contributed by atoms with van der Waals surface area (Å²) in [6, 6.07) is 1.96. The van der Waals surface area contributed by atoms with Crippen molar-refractivity contribution in [2.45, 2.75) is 11.8 Å². The minimum atomic E-state index is 1.00. The molecule has 0 aromatic carbocycles. The van der Waals surface area contributed by atoms with Crippen LogP contribution in [0, 0.1) is 6.92 Å². The van der Waals surface area contributed by atoms with Crippen molar-refractivity contribution in [3.63, 3.8) is 0 Å². The van der Waals surface area contributed by atoms with Gasteiger partial charge in [-0.2, -0.15) is 0 Å². The van der Waals surface area contributed by atoms with Gasteiger partial charge in [0.2, 0.25) is 0 Å². The molecule has 8 heavy (non-hydrogen) atoms. The summed E-state index contributed by atoms with van der Waals surface area (Å²) in [5.41, 5.74) is 0. The van der Waals surface area contributed by atoms with Crippen molar-refractivity contribution in [2.24, 2.45) is 0 Å². The minimum Gasteiger partial charge on any atom is -0.468 e. The Labute approximate surface area is 64.4 Å². The molecule has 3 heteroatoms. The molecule has 0 atom stereocenters. The van der Waals surface area contributed by atoms with Crippen LogP contribution in [0.4, 0.5) is 0 Å². The zero-order valence-corrected chi connectivity index (χ0v) is 7.32. The lowest BCUT2D eigenvalue weighted by Crippen LogP contribution is -1.60. The molecule has 0 saturated heterocycles. The quantitative estimate of drug-likeness (QED) is 0.700. The van der Waals surface area contributed by atoms with Gasteiger partial charge in [0, 0.05) is 21.2 Å². The average Bonchev–Trinajstić information content (AvgIpc) is 2.14. The molecule has 0 amide bonds. The van der Waals surface area contributed by atoms with Crippen LogP contribution in [0.2, 0.25) is 0 Å². The van der Waals surface area contributed by atoms with Crippen LogP contribution in [0.25, 0.3) is 0 Å². The van der Waals surface area contributed by atoms with Gasteiger partial charge < -0.3 is 4.42 Å². The maximum absolute atomic E-state index is 5.03. The fraction of sp³-hybridized carbons (Fsp3) is 0.200. The van der Waals surface area contributed by atoms with Crippen LogP contribution < -0.4 is 0 Å². The van der Waals surface area contributed by atoms with E-state index in [2.05, 4.69) is 21.2 Å². The Hall–Kier alpha value is 0.360. The molecule has 0 bridgehead atoms. The van der Waals surface area contributed by atoms with Crippen molar-refractivity contribution in [3.8, 4) is 0 Å². The van der Waals surface area contributed by atoms with Crippen LogP contribution >= 0.6 is 30.1 Å². The number of rotatable bonds is 1. The summed E-state index contributed by atoms with van der Waals surface area (Å²) in [5.74, 6) is 1.00. The molecule has 1 aromatic rings. The molecule has 0 saturated carbocycles. The van der Waals surface area contributed by atoms with E-state index in [1.165, 1.54) is 4.90 Å². The first kappa shape index (κ1) is 6.48. The first-order valence-corrected chi connectivity index (χ1v) is 5.53. The van der Waals surface area contributed by atoms with Gasteiger partial charge in [0.1, 0.15) is 5.76 Å². The number of hydrogen-bond donors (Lipinski definition) is 0. The molecular formula is C5H5IOS. The topological polar surface area (TPSA) is 13.1 Å². The van der Waals surface area contributed by atoms with Gasteiger partial charge in [0.15, 0.2) is 0 Å². The van der Waals surface area contributed by atoms with Gasteiger partial charge in [0.25, 0.3) is 0 Å². The molecule has 0 radical (unpaired) electrons.